The molecule has 4 nitrogen and oxygen atoms in total. The highest BCUT2D eigenvalue weighted by Gasteiger charge is 2.53. The molecule has 31 heavy (non-hydrogen) atoms. The lowest BCUT2D eigenvalue weighted by molar-refractivity contribution is 0.0650. The number of rotatable bonds is 2. The Morgan fingerprint density at radius 2 is 1.00 bits per heavy atom. The van der Waals surface area contributed by atoms with Crippen molar-refractivity contribution >= 4 is 11.9 Å². The normalized spacial score (nSPS) is 13.9. The summed E-state index contributed by atoms with van der Waals surface area (Å²) in [7, 11) is 0. The number of hydrogen-bond acceptors (Lipinski definition) is 2. The van der Waals surface area contributed by atoms with E-state index >= 15 is 0 Å². The van der Waals surface area contributed by atoms with E-state index in [1.54, 1.807) is 6.07 Å². The van der Waals surface area contributed by atoms with E-state index in [1.807, 2.05) is 72.8 Å². The van der Waals surface area contributed by atoms with Crippen molar-refractivity contribution in [2.45, 2.75) is 5.41 Å². The van der Waals surface area contributed by atoms with Crippen LogP contribution in [-0.4, -0.2) is 22.2 Å². The molecule has 148 valence electrons. The van der Waals surface area contributed by atoms with Gasteiger partial charge >= 0.3 is 11.9 Å². The molecule has 0 amide bonds. The van der Waals surface area contributed by atoms with Gasteiger partial charge < -0.3 is 10.2 Å². The van der Waals surface area contributed by atoms with Gasteiger partial charge in [-0.25, -0.2) is 9.59 Å². The van der Waals surface area contributed by atoms with Crippen molar-refractivity contribution in [3.8, 4) is 22.3 Å². The van der Waals surface area contributed by atoms with Crippen LogP contribution >= 0.6 is 0 Å². The summed E-state index contributed by atoms with van der Waals surface area (Å²) in [5.74, 6) is -2.48. The standard InChI is InChI=1S/C27H16O4/c28-25(29)19-14-13-18-17-9-3-6-12-22(17)27(24(18)23(19)26(30)31)20-10-4-1-7-15(20)16-8-2-5-11-21(16)27/h1-14H,(H,28,29)(H,30,31). The first-order valence-electron chi connectivity index (χ1n) is 10.00. The summed E-state index contributed by atoms with van der Waals surface area (Å²) in [5, 5.41) is 20.1. The van der Waals surface area contributed by atoms with E-state index in [2.05, 4.69) is 0 Å². The quantitative estimate of drug-likeness (QED) is 0.404. The summed E-state index contributed by atoms with van der Waals surface area (Å²) >= 11 is 0. The molecule has 0 fully saturated rings. The van der Waals surface area contributed by atoms with Crippen molar-refractivity contribution in [1.82, 2.24) is 0 Å². The van der Waals surface area contributed by atoms with Crippen molar-refractivity contribution in [3.63, 3.8) is 0 Å². The maximum absolute atomic E-state index is 12.5. The predicted octanol–water partition coefficient (Wildman–Crippen LogP) is 5.43. The number of carbonyl (C=O) groups is 2. The highest BCUT2D eigenvalue weighted by atomic mass is 16.4. The molecule has 0 saturated heterocycles. The number of carboxylic acid groups (broad SMARTS) is 2. The molecule has 2 N–H and O–H groups in total. The molecule has 0 aromatic heterocycles. The van der Waals surface area contributed by atoms with E-state index in [-0.39, 0.29) is 11.1 Å². The first-order valence-corrected chi connectivity index (χ1v) is 10.00. The van der Waals surface area contributed by atoms with Gasteiger partial charge in [-0.15, -0.1) is 0 Å². The third kappa shape index (κ3) is 1.99. The minimum absolute atomic E-state index is 0.146. The summed E-state index contributed by atoms with van der Waals surface area (Å²) in [6, 6.07) is 27.1. The van der Waals surface area contributed by atoms with Crippen molar-refractivity contribution < 1.29 is 19.8 Å². The molecule has 0 aliphatic heterocycles. The lowest BCUT2D eigenvalue weighted by Gasteiger charge is -2.31. The Balaban J connectivity index is 1.90. The van der Waals surface area contributed by atoms with Gasteiger partial charge in [0.1, 0.15) is 0 Å². The zero-order chi connectivity index (χ0) is 21.3. The summed E-state index contributed by atoms with van der Waals surface area (Å²) < 4.78 is 0. The Morgan fingerprint density at radius 1 is 0.548 bits per heavy atom. The number of aromatic carboxylic acids is 2. The van der Waals surface area contributed by atoms with Gasteiger partial charge in [0.25, 0.3) is 0 Å². The van der Waals surface area contributed by atoms with E-state index in [0.717, 1.165) is 38.9 Å². The minimum atomic E-state index is -1.24. The Hall–Kier alpha value is -4.18. The largest absolute Gasteiger partial charge is 0.478 e. The van der Waals surface area contributed by atoms with Crippen LogP contribution in [0.25, 0.3) is 22.3 Å². The van der Waals surface area contributed by atoms with E-state index in [9.17, 15) is 19.8 Å². The molecule has 0 atom stereocenters. The smallest absolute Gasteiger partial charge is 0.336 e. The molecule has 6 rings (SSSR count). The van der Waals surface area contributed by atoms with Gasteiger partial charge in [0.2, 0.25) is 0 Å². The lowest BCUT2D eigenvalue weighted by Crippen LogP contribution is -2.29. The van der Waals surface area contributed by atoms with Crippen LogP contribution in [0.5, 0.6) is 0 Å². The summed E-state index contributed by atoms with van der Waals surface area (Å²) in [6.07, 6.45) is 0. The molecule has 4 heteroatoms. The number of hydrogen-bond donors (Lipinski definition) is 2. The zero-order valence-electron chi connectivity index (χ0n) is 16.3. The van der Waals surface area contributed by atoms with Crippen LogP contribution < -0.4 is 0 Å². The first kappa shape index (κ1) is 17.7. The number of carboxylic acids is 2. The van der Waals surface area contributed by atoms with Crippen LogP contribution in [0.3, 0.4) is 0 Å². The lowest BCUT2D eigenvalue weighted by atomic mass is 9.69. The monoisotopic (exact) mass is 404 g/mol. The summed E-state index contributed by atoms with van der Waals surface area (Å²) in [4.78, 5) is 24.6. The molecule has 0 radical (unpaired) electrons. The average molecular weight is 404 g/mol. The number of benzene rings is 4. The highest BCUT2D eigenvalue weighted by molar-refractivity contribution is 6.08. The fourth-order valence-electron chi connectivity index (χ4n) is 5.59. The van der Waals surface area contributed by atoms with Crippen molar-refractivity contribution in [3.05, 3.63) is 118 Å². The van der Waals surface area contributed by atoms with E-state index in [1.165, 1.54) is 6.07 Å². The van der Waals surface area contributed by atoms with Crippen molar-refractivity contribution in [2.24, 2.45) is 0 Å². The van der Waals surface area contributed by atoms with Gasteiger partial charge in [-0.2, -0.15) is 0 Å². The maximum Gasteiger partial charge on any atom is 0.336 e. The summed E-state index contributed by atoms with van der Waals surface area (Å²) in [6.45, 7) is 0. The molecule has 4 aromatic carbocycles. The van der Waals surface area contributed by atoms with Gasteiger partial charge in [0.15, 0.2) is 0 Å². The van der Waals surface area contributed by atoms with Gasteiger partial charge in [-0.3, -0.25) is 0 Å². The van der Waals surface area contributed by atoms with E-state index in [0.29, 0.717) is 5.56 Å². The molecule has 0 saturated carbocycles. The van der Waals surface area contributed by atoms with Crippen LogP contribution in [-0.2, 0) is 5.41 Å². The fourth-order valence-corrected chi connectivity index (χ4v) is 5.59. The van der Waals surface area contributed by atoms with Crippen molar-refractivity contribution in [1.29, 1.82) is 0 Å². The molecule has 0 heterocycles. The molecular weight excluding hydrogens is 388 g/mol. The fraction of sp³-hybridized carbons (Fsp3) is 0.0370. The average Bonchev–Trinajstić information content (AvgIpc) is 3.26. The predicted molar refractivity (Wildman–Crippen MR) is 117 cm³/mol. The maximum atomic E-state index is 12.5. The minimum Gasteiger partial charge on any atom is -0.478 e. The molecule has 1 spiro atoms. The van der Waals surface area contributed by atoms with Crippen molar-refractivity contribution in [2.75, 3.05) is 0 Å². The Labute approximate surface area is 178 Å². The first-order chi connectivity index (χ1) is 15.1. The SMILES string of the molecule is O=C(O)c1ccc2c(c1C(=O)O)C1(c3ccccc3-c3ccccc31)c1ccccc1-2. The second kappa shape index (κ2) is 5.92. The number of fused-ring (bicyclic) bond motifs is 10. The third-order valence-electron chi connectivity index (χ3n) is 6.60. The third-order valence-corrected chi connectivity index (χ3v) is 6.60. The van der Waals surface area contributed by atoms with Crippen LogP contribution in [0.4, 0.5) is 0 Å². The van der Waals surface area contributed by atoms with Gasteiger partial charge in [-0.05, 0) is 50.6 Å². The molecular formula is C27H16O4. The van der Waals surface area contributed by atoms with Crippen LogP contribution in [0.15, 0.2) is 84.9 Å². The van der Waals surface area contributed by atoms with Gasteiger partial charge in [0, 0.05) is 0 Å². The van der Waals surface area contributed by atoms with E-state index in [4.69, 9.17) is 0 Å². The van der Waals surface area contributed by atoms with Crippen LogP contribution in [0, 0.1) is 0 Å². The van der Waals surface area contributed by atoms with Crippen LogP contribution in [0.1, 0.15) is 43.0 Å². The molecule has 2 aliphatic rings. The topological polar surface area (TPSA) is 74.6 Å². The molecule has 2 aliphatic carbocycles. The zero-order valence-corrected chi connectivity index (χ0v) is 16.3. The van der Waals surface area contributed by atoms with Crippen LogP contribution in [0.2, 0.25) is 0 Å². The van der Waals surface area contributed by atoms with Gasteiger partial charge in [-0.1, -0.05) is 78.9 Å². The Kier molecular flexibility index (Phi) is 3.37. The molecule has 4 aromatic rings. The Morgan fingerprint density at radius 3 is 1.45 bits per heavy atom. The highest BCUT2D eigenvalue weighted by Crippen LogP contribution is 2.63. The second-order valence-electron chi connectivity index (χ2n) is 7.91. The van der Waals surface area contributed by atoms with E-state index < -0.39 is 17.4 Å². The molecule has 0 bridgehead atoms. The second-order valence-corrected chi connectivity index (χ2v) is 7.91. The Bertz CT molecular complexity index is 1380. The molecule has 0 unspecified atom stereocenters. The summed E-state index contributed by atoms with van der Waals surface area (Å²) in [5.41, 5.74) is 6.04. The van der Waals surface area contributed by atoms with Gasteiger partial charge in [0.05, 0.1) is 16.5 Å².